The molecular weight excluding hydrogens is 256 g/mol. The molecule has 0 saturated heterocycles. The maximum atomic E-state index is 5.60. The van der Waals surface area contributed by atoms with Crippen LogP contribution in [0.1, 0.15) is 17.5 Å². The number of hydrogen-bond donors (Lipinski definition) is 1. The molecule has 2 heterocycles. The van der Waals surface area contributed by atoms with Gasteiger partial charge in [0.15, 0.2) is 0 Å². The highest BCUT2D eigenvalue weighted by Gasteiger charge is 2.14. The van der Waals surface area contributed by atoms with Crippen LogP contribution in [0.3, 0.4) is 0 Å². The SMILES string of the molecule is CCc1nc(-c2coc3ccccc23)sc1CNC. The van der Waals surface area contributed by atoms with Crippen LogP contribution in [-0.2, 0) is 13.0 Å². The Labute approximate surface area is 116 Å². The summed E-state index contributed by atoms with van der Waals surface area (Å²) in [6.45, 7) is 3.02. The van der Waals surface area contributed by atoms with Crippen molar-refractivity contribution in [2.45, 2.75) is 19.9 Å². The first-order valence-electron chi connectivity index (χ1n) is 6.43. The summed E-state index contributed by atoms with van der Waals surface area (Å²) in [5.41, 5.74) is 3.19. The standard InChI is InChI=1S/C15H16N2OS/c1-3-12-14(8-16-2)19-15(17-12)11-9-18-13-7-5-4-6-10(11)13/h4-7,9,16H,3,8H2,1-2H3. The van der Waals surface area contributed by atoms with Gasteiger partial charge < -0.3 is 9.73 Å². The first-order valence-corrected chi connectivity index (χ1v) is 7.25. The van der Waals surface area contributed by atoms with Gasteiger partial charge in [0.2, 0.25) is 0 Å². The Kier molecular flexibility index (Phi) is 3.36. The van der Waals surface area contributed by atoms with Gasteiger partial charge >= 0.3 is 0 Å². The lowest BCUT2D eigenvalue weighted by atomic mass is 10.2. The molecule has 1 aromatic carbocycles. The van der Waals surface area contributed by atoms with Crippen molar-refractivity contribution in [3.63, 3.8) is 0 Å². The van der Waals surface area contributed by atoms with E-state index >= 15 is 0 Å². The minimum absolute atomic E-state index is 0.872. The smallest absolute Gasteiger partial charge is 0.134 e. The molecule has 19 heavy (non-hydrogen) atoms. The van der Waals surface area contributed by atoms with Gasteiger partial charge in [-0.25, -0.2) is 4.98 Å². The molecule has 0 saturated carbocycles. The van der Waals surface area contributed by atoms with E-state index in [1.807, 2.05) is 31.5 Å². The van der Waals surface area contributed by atoms with Crippen molar-refractivity contribution in [2.75, 3.05) is 7.05 Å². The number of thiazole rings is 1. The van der Waals surface area contributed by atoms with E-state index in [0.717, 1.165) is 34.5 Å². The van der Waals surface area contributed by atoms with Crippen LogP contribution < -0.4 is 5.32 Å². The van der Waals surface area contributed by atoms with Gasteiger partial charge in [-0.05, 0) is 19.5 Å². The fraction of sp³-hybridized carbons (Fsp3) is 0.267. The predicted molar refractivity (Wildman–Crippen MR) is 79.5 cm³/mol. The van der Waals surface area contributed by atoms with Gasteiger partial charge in [-0.15, -0.1) is 11.3 Å². The summed E-state index contributed by atoms with van der Waals surface area (Å²) in [5, 5.41) is 5.38. The second kappa shape index (κ2) is 5.15. The molecule has 1 N–H and O–H groups in total. The maximum absolute atomic E-state index is 5.60. The average Bonchev–Trinajstić information content (AvgIpc) is 3.02. The van der Waals surface area contributed by atoms with Crippen molar-refractivity contribution in [2.24, 2.45) is 0 Å². The van der Waals surface area contributed by atoms with Gasteiger partial charge in [0.25, 0.3) is 0 Å². The van der Waals surface area contributed by atoms with Crippen LogP contribution in [0, 0.1) is 0 Å². The molecule has 0 spiro atoms. The number of fused-ring (bicyclic) bond motifs is 1. The number of aromatic nitrogens is 1. The third-order valence-corrected chi connectivity index (χ3v) is 4.29. The molecule has 0 amide bonds. The highest BCUT2D eigenvalue weighted by molar-refractivity contribution is 7.15. The molecule has 3 nitrogen and oxygen atoms in total. The third-order valence-electron chi connectivity index (χ3n) is 3.16. The minimum Gasteiger partial charge on any atom is -0.464 e. The zero-order valence-electron chi connectivity index (χ0n) is 11.1. The third kappa shape index (κ3) is 2.17. The first kappa shape index (κ1) is 12.4. The van der Waals surface area contributed by atoms with E-state index in [9.17, 15) is 0 Å². The first-order chi connectivity index (χ1) is 9.33. The second-order valence-corrected chi connectivity index (χ2v) is 5.50. The summed E-state index contributed by atoms with van der Waals surface area (Å²) in [6.07, 6.45) is 2.77. The molecule has 2 aromatic heterocycles. The number of hydrogen-bond acceptors (Lipinski definition) is 4. The lowest BCUT2D eigenvalue weighted by Crippen LogP contribution is -2.05. The summed E-state index contributed by atoms with van der Waals surface area (Å²) in [6, 6.07) is 8.09. The number of furan rings is 1. The Balaban J connectivity index is 2.11. The van der Waals surface area contributed by atoms with Gasteiger partial charge in [-0.3, -0.25) is 0 Å². The number of nitrogens with zero attached hydrogens (tertiary/aromatic N) is 1. The van der Waals surface area contributed by atoms with Crippen molar-refractivity contribution in [3.8, 4) is 10.6 Å². The lowest BCUT2D eigenvalue weighted by Gasteiger charge is -1.96. The Morgan fingerprint density at radius 3 is 2.95 bits per heavy atom. The second-order valence-electron chi connectivity index (χ2n) is 4.42. The molecule has 3 rings (SSSR count). The highest BCUT2D eigenvalue weighted by atomic mass is 32.1. The summed E-state index contributed by atoms with van der Waals surface area (Å²) in [4.78, 5) is 6.07. The van der Waals surface area contributed by atoms with Crippen LogP contribution in [0.5, 0.6) is 0 Å². The average molecular weight is 272 g/mol. The summed E-state index contributed by atoms with van der Waals surface area (Å²) in [7, 11) is 1.96. The number of aryl methyl sites for hydroxylation is 1. The Bertz CT molecular complexity index is 699. The monoisotopic (exact) mass is 272 g/mol. The van der Waals surface area contributed by atoms with Crippen molar-refractivity contribution in [1.29, 1.82) is 0 Å². The molecule has 0 aliphatic carbocycles. The largest absolute Gasteiger partial charge is 0.464 e. The Morgan fingerprint density at radius 2 is 2.16 bits per heavy atom. The van der Waals surface area contributed by atoms with E-state index in [2.05, 4.69) is 18.3 Å². The number of para-hydroxylation sites is 1. The number of benzene rings is 1. The molecule has 0 unspecified atom stereocenters. The molecular formula is C15H16N2OS. The van der Waals surface area contributed by atoms with Gasteiger partial charge in [0, 0.05) is 16.8 Å². The van der Waals surface area contributed by atoms with Crippen molar-refractivity contribution >= 4 is 22.3 Å². The molecule has 0 radical (unpaired) electrons. The zero-order chi connectivity index (χ0) is 13.2. The van der Waals surface area contributed by atoms with E-state index in [1.54, 1.807) is 11.3 Å². The van der Waals surface area contributed by atoms with Crippen molar-refractivity contribution in [3.05, 3.63) is 41.1 Å². The van der Waals surface area contributed by atoms with E-state index in [4.69, 9.17) is 9.40 Å². The Morgan fingerprint density at radius 1 is 1.32 bits per heavy atom. The van der Waals surface area contributed by atoms with Gasteiger partial charge in [0.05, 0.1) is 11.3 Å². The van der Waals surface area contributed by atoms with Crippen LogP contribution >= 0.6 is 11.3 Å². The summed E-state index contributed by atoms with van der Waals surface area (Å²) < 4.78 is 5.60. The lowest BCUT2D eigenvalue weighted by molar-refractivity contribution is 0.617. The van der Waals surface area contributed by atoms with Crippen molar-refractivity contribution < 1.29 is 4.42 Å². The predicted octanol–water partition coefficient (Wildman–Crippen LogP) is 3.84. The van der Waals surface area contributed by atoms with Gasteiger partial charge in [-0.2, -0.15) is 0 Å². The molecule has 98 valence electrons. The summed E-state index contributed by atoms with van der Waals surface area (Å²) in [5.74, 6) is 0. The van der Waals surface area contributed by atoms with Crippen LogP contribution in [0.2, 0.25) is 0 Å². The van der Waals surface area contributed by atoms with Gasteiger partial charge in [-0.1, -0.05) is 25.1 Å². The number of rotatable bonds is 4. The number of nitrogens with one attached hydrogen (secondary N) is 1. The van der Waals surface area contributed by atoms with E-state index < -0.39 is 0 Å². The van der Waals surface area contributed by atoms with E-state index in [1.165, 1.54) is 10.6 Å². The normalized spacial score (nSPS) is 11.3. The molecule has 0 aliphatic rings. The molecule has 0 atom stereocenters. The molecule has 3 aromatic rings. The highest BCUT2D eigenvalue weighted by Crippen LogP contribution is 2.34. The summed E-state index contributed by atoms with van der Waals surface area (Å²) >= 11 is 1.75. The van der Waals surface area contributed by atoms with E-state index in [-0.39, 0.29) is 0 Å². The Hall–Kier alpha value is -1.65. The van der Waals surface area contributed by atoms with Crippen LogP contribution in [0.4, 0.5) is 0 Å². The van der Waals surface area contributed by atoms with Crippen LogP contribution in [-0.4, -0.2) is 12.0 Å². The fourth-order valence-electron chi connectivity index (χ4n) is 2.22. The quantitative estimate of drug-likeness (QED) is 0.784. The molecule has 0 bridgehead atoms. The fourth-order valence-corrected chi connectivity index (χ4v) is 3.40. The minimum atomic E-state index is 0.872. The maximum Gasteiger partial charge on any atom is 0.134 e. The zero-order valence-corrected chi connectivity index (χ0v) is 11.9. The molecule has 0 fully saturated rings. The molecule has 0 aliphatic heterocycles. The van der Waals surface area contributed by atoms with Crippen molar-refractivity contribution in [1.82, 2.24) is 10.3 Å². The van der Waals surface area contributed by atoms with Crippen LogP contribution in [0.25, 0.3) is 21.5 Å². The topological polar surface area (TPSA) is 38.1 Å². The van der Waals surface area contributed by atoms with E-state index in [0.29, 0.717) is 0 Å². The van der Waals surface area contributed by atoms with Crippen LogP contribution in [0.15, 0.2) is 34.9 Å². The molecule has 4 heteroatoms. The van der Waals surface area contributed by atoms with Gasteiger partial charge in [0.1, 0.15) is 16.9 Å².